The largest absolute Gasteiger partial charge is 0.356 e. The van der Waals surface area contributed by atoms with Crippen LogP contribution in [-0.2, 0) is 6.54 Å². The zero-order valence-electron chi connectivity index (χ0n) is 17.9. The van der Waals surface area contributed by atoms with E-state index in [0.717, 1.165) is 57.1 Å². The quantitative estimate of drug-likeness (QED) is 0.331. The number of nitrogens with one attached hydrogen (secondary N) is 2. The first-order valence-corrected chi connectivity index (χ1v) is 10.8. The number of piperidine rings is 1. The fraction of sp³-hybridized carbons (Fsp3) is 0.682. The van der Waals surface area contributed by atoms with Crippen molar-refractivity contribution in [2.75, 3.05) is 46.3 Å². The Kier molecular flexibility index (Phi) is 10.7. The smallest absolute Gasteiger partial charge is 0.191 e. The molecule has 0 aliphatic carbocycles. The van der Waals surface area contributed by atoms with Crippen molar-refractivity contribution in [2.45, 2.75) is 45.2 Å². The Morgan fingerprint density at radius 3 is 2.52 bits per heavy atom. The summed E-state index contributed by atoms with van der Waals surface area (Å²) in [5.41, 5.74) is 0.803. The molecule has 2 N–H and O–H groups in total. The molecule has 1 aromatic rings. The number of guanidine groups is 1. The van der Waals surface area contributed by atoms with Crippen LogP contribution < -0.4 is 10.6 Å². The number of benzene rings is 1. The second-order valence-corrected chi connectivity index (χ2v) is 8.07. The van der Waals surface area contributed by atoms with Crippen LogP contribution in [0.25, 0.3) is 0 Å². The van der Waals surface area contributed by atoms with E-state index in [0.29, 0.717) is 18.5 Å². The highest BCUT2D eigenvalue weighted by atomic mass is 127. The molecule has 0 saturated carbocycles. The summed E-state index contributed by atoms with van der Waals surface area (Å²) in [4.78, 5) is 9.30. The van der Waals surface area contributed by atoms with E-state index in [9.17, 15) is 4.39 Å². The molecule has 2 aliphatic heterocycles. The average Bonchev–Trinajstić information content (AvgIpc) is 3.18. The van der Waals surface area contributed by atoms with Crippen LogP contribution in [-0.4, -0.2) is 68.1 Å². The highest BCUT2D eigenvalue weighted by Crippen LogP contribution is 2.19. The van der Waals surface area contributed by atoms with Gasteiger partial charge in [-0.15, -0.1) is 24.0 Å². The van der Waals surface area contributed by atoms with Crippen molar-refractivity contribution in [1.29, 1.82) is 0 Å². The number of hydrogen-bond donors (Lipinski definition) is 2. The SMILES string of the molecule is CCN1CCCC1CNC(=NC)NCC1CCN(Cc2ccccc2F)CC1.I. The monoisotopic (exact) mass is 517 g/mol. The molecule has 2 heterocycles. The van der Waals surface area contributed by atoms with Gasteiger partial charge in [0.2, 0.25) is 0 Å². The molecule has 1 aromatic carbocycles. The standard InChI is InChI=1S/C22H36FN5.HI/c1-3-28-12-6-8-20(28)16-26-22(24-2)25-15-18-10-13-27(14-11-18)17-19-7-4-5-9-21(19)23;/h4-5,7,9,18,20H,3,6,8,10-17H2,1-2H3,(H2,24,25,26);1H. The van der Waals surface area contributed by atoms with Gasteiger partial charge in [0.25, 0.3) is 0 Å². The summed E-state index contributed by atoms with van der Waals surface area (Å²) in [5, 5.41) is 7.02. The fourth-order valence-electron chi connectivity index (χ4n) is 4.43. The third-order valence-electron chi connectivity index (χ3n) is 6.25. The number of hydrogen-bond acceptors (Lipinski definition) is 3. The third-order valence-corrected chi connectivity index (χ3v) is 6.25. The summed E-state index contributed by atoms with van der Waals surface area (Å²) in [6.07, 6.45) is 4.87. The second kappa shape index (κ2) is 12.7. The number of likely N-dealkylation sites (tertiary alicyclic amines) is 2. The molecule has 1 unspecified atom stereocenters. The van der Waals surface area contributed by atoms with Gasteiger partial charge in [-0.1, -0.05) is 25.1 Å². The Labute approximate surface area is 192 Å². The van der Waals surface area contributed by atoms with Gasteiger partial charge in [-0.3, -0.25) is 14.8 Å². The molecule has 0 spiro atoms. The predicted octanol–water partition coefficient (Wildman–Crippen LogP) is 3.31. The normalized spacial score (nSPS) is 21.8. The zero-order chi connectivity index (χ0) is 19.8. The van der Waals surface area contributed by atoms with Gasteiger partial charge in [-0.2, -0.15) is 0 Å². The van der Waals surface area contributed by atoms with E-state index in [1.165, 1.54) is 19.4 Å². The van der Waals surface area contributed by atoms with Crippen LogP contribution in [0.1, 0.15) is 38.2 Å². The van der Waals surface area contributed by atoms with Gasteiger partial charge in [0, 0.05) is 38.3 Å². The maximum atomic E-state index is 13.8. The van der Waals surface area contributed by atoms with E-state index in [1.807, 2.05) is 19.2 Å². The number of aliphatic imine (C=N–C) groups is 1. The van der Waals surface area contributed by atoms with Crippen LogP contribution in [0.5, 0.6) is 0 Å². The minimum atomic E-state index is -0.0925. The summed E-state index contributed by atoms with van der Waals surface area (Å²) < 4.78 is 13.8. The Morgan fingerprint density at radius 2 is 1.83 bits per heavy atom. The highest BCUT2D eigenvalue weighted by molar-refractivity contribution is 14.0. The summed E-state index contributed by atoms with van der Waals surface area (Å²) in [5.74, 6) is 1.47. The second-order valence-electron chi connectivity index (χ2n) is 8.07. The minimum Gasteiger partial charge on any atom is -0.356 e. The Hall–Kier alpha value is -0.930. The molecule has 2 saturated heterocycles. The fourth-order valence-corrected chi connectivity index (χ4v) is 4.43. The lowest BCUT2D eigenvalue weighted by Gasteiger charge is -2.32. The van der Waals surface area contributed by atoms with Gasteiger partial charge in [0.15, 0.2) is 5.96 Å². The maximum Gasteiger partial charge on any atom is 0.191 e. The Bertz CT molecular complexity index is 633. The van der Waals surface area contributed by atoms with Crippen molar-refractivity contribution >= 4 is 29.9 Å². The maximum absolute atomic E-state index is 13.8. The van der Waals surface area contributed by atoms with E-state index in [4.69, 9.17) is 0 Å². The van der Waals surface area contributed by atoms with Gasteiger partial charge in [0.05, 0.1) is 0 Å². The van der Waals surface area contributed by atoms with Crippen LogP contribution in [0.4, 0.5) is 4.39 Å². The summed E-state index contributed by atoms with van der Waals surface area (Å²) >= 11 is 0. The van der Waals surface area contributed by atoms with E-state index >= 15 is 0 Å². The Balaban J connectivity index is 0.00000300. The molecule has 29 heavy (non-hydrogen) atoms. The Morgan fingerprint density at radius 1 is 1.10 bits per heavy atom. The van der Waals surface area contributed by atoms with Gasteiger partial charge in [0.1, 0.15) is 5.82 Å². The van der Waals surface area contributed by atoms with Gasteiger partial charge in [-0.25, -0.2) is 4.39 Å². The molecular formula is C22H37FIN5. The number of nitrogens with zero attached hydrogens (tertiary/aromatic N) is 3. The minimum absolute atomic E-state index is 0. The van der Waals surface area contributed by atoms with Gasteiger partial charge < -0.3 is 10.6 Å². The van der Waals surface area contributed by atoms with Gasteiger partial charge >= 0.3 is 0 Å². The first-order chi connectivity index (χ1) is 13.7. The molecular weight excluding hydrogens is 480 g/mol. The molecule has 7 heteroatoms. The molecule has 0 bridgehead atoms. The van der Waals surface area contributed by atoms with Crippen molar-refractivity contribution in [3.05, 3.63) is 35.6 Å². The molecule has 0 amide bonds. The molecule has 0 aromatic heterocycles. The molecule has 3 rings (SSSR count). The summed E-state index contributed by atoms with van der Waals surface area (Å²) in [7, 11) is 1.85. The van der Waals surface area contributed by atoms with Gasteiger partial charge in [-0.05, 0) is 63.8 Å². The topological polar surface area (TPSA) is 42.9 Å². The van der Waals surface area contributed by atoms with E-state index in [1.54, 1.807) is 12.1 Å². The van der Waals surface area contributed by atoms with Crippen LogP contribution in [0.15, 0.2) is 29.3 Å². The van der Waals surface area contributed by atoms with Crippen molar-refractivity contribution in [3.8, 4) is 0 Å². The lowest BCUT2D eigenvalue weighted by molar-refractivity contribution is 0.176. The van der Waals surface area contributed by atoms with Crippen molar-refractivity contribution in [1.82, 2.24) is 20.4 Å². The zero-order valence-corrected chi connectivity index (χ0v) is 20.2. The molecule has 1 atom stereocenters. The lowest BCUT2D eigenvalue weighted by Crippen LogP contribution is -2.46. The van der Waals surface area contributed by atoms with Crippen molar-refractivity contribution in [2.24, 2.45) is 10.9 Å². The number of halogens is 2. The van der Waals surface area contributed by atoms with E-state index < -0.39 is 0 Å². The van der Waals surface area contributed by atoms with Crippen LogP contribution in [0.3, 0.4) is 0 Å². The first-order valence-electron chi connectivity index (χ1n) is 10.8. The van der Waals surface area contributed by atoms with Crippen molar-refractivity contribution in [3.63, 3.8) is 0 Å². The average molecular weight is 517 g/mol. The van der Waals surface area contributed by atoms with Crippen LogP contribution in [0, 0.1) is 11.7 Å². The van der Waals surface area contributed by atoms with E-state index in [2.05, 4.69) is 32.3 Å². The van der Waals surface area contributed by atoms with Crippen LogP contribution in [0.2, 0.25) is 0 Å². The number of rotatable bonds is 7. The van der Waals surface area contributed by atoms with Crippen LogP contribution >= 0.6 is 24.0 Å². The molecule has 2 aliphatic rings. The number of likely N-dealkylation sites (N-methyl/N-ethyl adjacent to an activating group) is 1. The summed E-state index contributed by atoms with van der Waals surface area (Å²) in [6.45, 7) is 9.28. The molecule has 0 radical (unpaired) electrons. The van der Waals surface area contributed by atoms with E-state index in [-0.39, 0.29) is 29.8 Å². The lowest BCUT2D eigenvalue weighted by atomic mass is 9.96. The van der Waals surface area contributed by atoms with Crippen molar-refractivity contribution < 1.29 is 4.39 Å². The highest BCUT2D eigenvalue weighted by Gasteiger charge is 2.23. The summed E-state index contributed by atoms with van der Waals surface area (Å²) in [6, 6.07) is 7.74. The molecule has 2 fully saturated rings. The molecule has 164 valence electrons. The molecule has 5 nitrogen and oxygen atoms in total. The predicted molar refractivity (Wildman–Crippen MR) is 129 cm³/mol. The first kappa shape index (κ1) is 24.3. The third kappa shape index (κ3) is 7.36.